The molecule has 1 saturated heterocycles. The molecule has 2 aromatic heterocycles. The number of carbonyl (C=O) groups is 1. The number of aromatic nitrogens is 4. The fraction of sp³-hybridized carbons (Fsp3) is 0.500. The van der Waals surface area contributed by atoms with Gasteiger partial charge in [0.15, 0.2) is 5.65 Å². The molecule has 33 heavy (non-hydrogen) atoms. The average molecular weight is 450 g/mol. The summed E-state index contributed by atoms with van der Waals surface area (Å²) >= 11 is 0. The first-order valence-corrected chi connectivity index (χ1v) is 11.6. The minimum Gasteiger partial charge on any atom is -0.495 e. The van der Waals surface area contributed by atoms with Crippen molar-refractivity contribution in [1.82, 2.24) is 29.5 Å². The number of nitrogens with one attached hydrogen (secondary N) is 1. The summed E-state index contributed by atoms with van der Waals surface area (Å²) in [4.78, 5) is 25.7. The van der Waals surface area contributed by atoms with Crippen LogP contribution in [0, 0.1) is 0 Å². The summed E-state index contributed by atoms with van der Waals surface area (Å²) in [6, 6.07) is 4.64. The molecule has 3 aromatic rings. The Labute approximate surface area is 193 Å². The van der Waals surface area contributed by atoms with Crippen LogP contribution in [0.25, 0.3) is 11.0 Å². The van der Waals surface area contributed by atoms with Crippen molar-refractivity contribution in [1.29, 1.82) is 0 Å². The second kappa shape index (κ2) is 8.62. The SMILES string of the molecule is COc1cc2c(cc1Nc1ncc3cnn(CC4CCC(C)N4C(C)=O)c3n1)CN(C)CC2. The number of amides is 1. The number of likely N-dealkylation sites (N-methyl/N-ethyl adjacent to an activating group) is 1. The van der Waals surface area contributed by atoms with Gasteiger partial charge in [-0.15, -0.1) is 0 Å². The van der Waals surface area contributed by atoms with Crippen LogP contribution in [-0.2, 0) is 24.3 Å². The Hall–Kier alpha value is -3.20. The van der Waals surface area contributed by atoms with E-state index >= 15 is 0 Å². The van der Waals surface area contributed by atoms with Gasteiger partial charge in [-0.3, -0.25) is 4.79 Å². The van der Waals surface area contributed by atoms with Crippen molar-refractivity contribution in [3.05, 3.63) is 35.7 Å². The number of hydrogen-bond donors (Lipinski definition) is 1. The highest BCUT2D eigenvalue weighted by atomic mass is 16.5. The molecule has 2 aliphatic rings. The van der Waals surface area contributed by atoms with Crippen molar-refractivity contribution in [2.75, 3.05) is 26.0 Å². The van der Waals surface area contributed by atoms with Crippen molar-refractivity contribution >= 4 is 28.6 Å². The van der Waals surface area contributed by atoms with Crippen molar-refractivity contribution in [2.45, 2.75) is 58.3 Å². The standard InChI is InChI=1S/C24H31N7O2/c1-15-5-6-20(31(15)16(2)32)14-30-23-19(12-26-30)11-25-24(28-23)27-21-9-18-13-29(3)8-7-17(18)10-22(21)33-4/h9-12,15,20H,5-8,13-14H2,1-4H3,(H,25,27,28). The molecule has 0 bridgehead atoms. The van der Waals surface area contributed by atoms with Crippen LogP contribution >= 0.6 is 0 Å². The minimum atomic E-state index is 0.114. The largest absolute Gasteiger partial charge is 0.495 e. The number of methoxy groups -OCH3 is 1. The number of likely N-dealkylation sites (tertiary alicyclic amines) is 1. The van der Waals surface area contributed by atoms with E-state index in [1.807, 2.05) is 9.58 Å². The summed E-state index contributed by atoms with van der Waals surface area (Å²) in [5.41, 5.74) is 4.22. The first-order valence-electron chi connectivity index (χ1n) is 11.6. The lowest BCUT2D eigenvalue weighted by molar-refractivity contribution is -0.131. The van der Waals surface area contributed by atoms with Gasteiger partial charge >= 0.3 is 0 Å². The molecule has 174 valence electrons. The number of rotatable bonds is 5. The zero-order chi connectivity index (χ0) is 23.1. The molecule has 4 heterocycles. The van der Waals surface area contributed by atoms with Crippen LogP contribution in [0.1, 0.15) is 37.8 Å². The predicted octanol–water partition coefficient (Wildman–Crippen LogP) is 2.97. The number of nitrogens with zero attached hydrogens (tertiary/aromatic N) is 6. The van der Waals surface area contributed by atoms with Crippen LogP contribution in [0.3, 0.4) is 0 Å². The lowest BCUT2D eigenvalue weighted by Gasteiger charge is -2.27. The Kier molecular flexibility index (Phi) is 5.65. The second-order valence-electron chi connectivity index (χ2n) is 9.24. The average Bonchev–Trinajstić information content (AvgIpc) is 3.36. The van der Waals surface area contributed by atoms with Gasteiger partial charge in [-0.25, -0.2) is 9.67 Å². The van der Waals surface area contributed by atoms with Gasteiger partial charge in [0.2, 0.25) is 11.9 Å². The fourth-order valence-corrected chi connectivity index (χ4v) is 5.19. The van der Waals surface area contributed by atoms with Crippen molar-refractivity contribution in [2.24, 2.45) is 0 Å². The number of carbonyl (C=O) groups excluding carboxylic acids is 1. The predicted molar refractivity (Wildman–Crippen MR) is 127 cm³/mol. The van der Waals surface area contributed by atoms with Crippen LogP contribution < -0.4 is 10.1 Å². The van der Waals surface area contributed by atoms with Crippen LogP contribution in [0.2, 0.25) is 0 Å². The smallest absolute Gasteiger partial charge is 0.229 e. The quantitative estimate of drug-likeness (QED) is 0.641. The number of anilines is 2. The van der Waals surface area contributed by atoms with E-state index in [1.54, 1.807) is 26.4 Å². The molecular weight excluding hydrogens is 418 g/mol. The van der Waals surface area contributed by atoms with E-state index in [2.05, 4.69) is 46.4 Å². The molecule has 0 spiro atoms. The number of benzene rings is 1. The van der Waals surface area contributed by atoms with Crippen molar-refractivity contribution in [3.8, 4) is 5.75 Å². The normalized spacial score (nSPS) is 20.8. The third-order valence-corrected chi connectivity index (χ3v) is 6.88. The van der Waals surface area contributed by atoms with Gasteiger partial charge in [0.1, 0.15) is 5.75 Å². The fourth-order valence-electron chi connectivity index (χ4n) is 5.19. The van der Waals surface area contributed by atoms with E-state index in [9.17, 15) is 4.79 Å². The molecule has 1 amide bonds. The topological polar surface area (TPSA) is 88.4 Å². The minimum absolute atomic E-state index is 0.114. The molecular formula is C24H31N7O2. The summed E-state index contributed by atoms with van der Waals surface area (Å²) < 4.78 is 7.54. The van der Waals surface area contributed by atoms with Gasteiger partial charge in [-0.2, -0.15) is 10.1 Å². The highest BCUT2D eigenvalue weighted by molar-refractivity contribution is 5.76. The summed E-state index contributed by atoms with van der Waals surface area (Å²) in [6.07, 6.45) is 6.57. The lowest BCUT2D eigenvalue weighted by Crippen LogP contribution is -2.40. The molecule has 0 radical (unpaired) electrons. The third-order valence-electron chi connectivity index (χ3n) is 6.88. The van der Waals surface area contributed by atoms with E-state index in [4.69, 9.17) is 9.72 Å². The maximum absolute atomic E-state index is 12.1. The maximum Gasteiger partial charge on any atom is 0.229 e. The Morgan fingerprint density at radius 3 is 2.88 bits per heavy atom. The Morgan fingerprint density at radius 1 is 1.24 bits per heavy atom. The molecule has 2 aliphatic heterocycles. The summed E-state index contributed by atoms with van der Waals surface area (Å²) in [5, 5.41) is 8.77. The van der Waals surface area contributed by atoms with Gasteiger partial charge < -0.3 is 19.9 Å². The molecule has 2 unspecified atom stereocenters. The highest BCUT2D eigenvalue weighted by Crippen LogP contribution is 2.33. The van der Waals surface area contributed by atoms with Gasteiger partial charge in [-0.1, -0.05) is 0 Å². The summed E-state index contributed by atoms with van der Waals surface area (Å²) in [6.45, 7) is 6.33. The molecule has 9 nitrogen and oxygen atoms in total. The summed E-state index contributed by atoms with van der Waals surface area (Å²) in [7, 11) is 3.82. The third kappa shape index (κ3) is 4.13. The number of hydrogen-bond acceptors (Lipinski definition) is 7. The molecule has 5 rings (SSSR count). The van der Waals surface area contributed by atoms with Crippen molar-refractivity contribution < 1.29 is 9.53 Å². The first kappa shape index (κ1) is 21.6. The molecule has 1 fully saturated rings. The van der Waals surface area contributed by atoms with E-state index in [-0.39, 0.29) is 18.0 Å². The van der Waals surface area contributed by atoms with E-state index in [1.165, 1.54) is 11.1 Å². The van der Waals surface area contributed by atoms with E-state index in [0.29, 0.717) is 12.5 Å². The van der Waals surface area contributed by atoms with Gasteiger partial charge in [0, 0.05) is 32.3 Å². The van der Waals surface area contributed by atoms with Gasteiger partial charge in [-0.05, 0) is 56.5 Å². The van der Waals surface area contributed by atoms with Crippen LogP contribution in [0.5, 0.6) is 5.75 Å². The molecule has 0 aliphatic carbocycles. The Bertz CT molecular complexity index is 1190. The van der Waals surface area contributed by atoms with Crippen LogP contribution in [-0.4, -0.2) is 68.2 Å². The van der Waals surface area contributed by atoms with Gasteiger partial charge in [0.25, 0.3) is 0 Å². The maximum atomic E-state index is 12.1. The lowest BCUT2D eigenvalue weighted by atomic mass is 9.99. The second-order valence-corrected chi connectivity index (χ2v) is 9.24. The monoisotopic (exact) mass is 449 g/mol. The first-order chi connectivity index (χ1) is 15.9. The molecule has 2 atom stereocenters. The summed E-state index contributed by atoms with van der Waals surface area (Å²) in [5.74, 6) is 1.39. The zero-order valence-corrected chi connectivity index (χ0v) is 19.7. The van der Waals surface area contributed by atoms with Crippen molar-refractivity contribution in [3.63, 3.8) is 0 Å². The zero-order valence-electron chi connectivity index (χ0n) is 19.7. The Balaban J connectivity index is 1.43. The van der Waals surface area contributed by atoms with Gasteiger partial charge in [0.05, 0.1) is 37.0 Å². The van der Waals surface area contributed by atoms with E-state index in [0.717, 1.165) is 54.8 Å². The van der Waals surface area contributed by atoms with Crippen LogP contribution in [0.4, 0.5) is 11.6 Å². The molecule has 9 heteroatoms. The molecule has 1 aromatic carbocycles. The molecule has 1 N–H and O–H groups in total. The number of ether oxygens (including phenoxy) is 1. The highest BCUT2D eigenvalue weighted by Gasteiger charge is 2.33. The number of fused-ring (bicyclic) bond motifs is 2. The molecule has 0 saturated carbocycles. The van der Waals surface area contributed by atoms with E-state index < -0.39 is 0 Å². The van der Waals surface area contributed by atoms with Crippen LogP contribution in [0.15, 0.2) is 24.5 Å². The Morgan fingerprint density at radius 2 is 2.09 bits per heavy atom.